The van der Waals surface area contributed by atoms with E-state index in [0.29, 0.717) is 5.76 Å². The number of carbonyl (C=O) groups excluding carboxylic acids is 1. The molecule has 22 heavy (non-hydrogen) atoms. The Morgan fingerprint density at radius 2 is 1.91 bits per heavy atom. The van der Waals surface area contributed by atoms with Gasteiger partial charge in [0, 0.05) is 11.6 Å². The molecule has 0 atom stereocenters. The lowest BCUT2D eigenvalue weighted by molar-refractivity contribution is -0.917. The smallest absolute Gasteiger partial charge is 0.247 e. The molecule has 1 aliphatic heterocycles. The van der Waals surface area contributed by atoms with Gasteiger partial charge >= 0.3 is 0 Å². The van der Waals surface area contributed by atoms with Gasteiger partial charge in [-0.3, -0.25) is 4.79 Å². The van der Waals surface area contributed by atoms with Crippen LogP contribution in [0.5, 0.6) is 0 Å². The monoisotopic (exact) mass is 297 g/mol. The summed E-state index contributed by atoms with van der Waals surface area (Å²) in [5.74, 6) is 0.775. The quantitative estimate of drug-likeness (QED) is 0.862. The third kappa shape index (κ3) is 3.86. The molecule has 4 nitrogen and oxygen atoms in total. The van der Waals surface area contributed by atoms with Crippen molar-refractivity contribution in [1.82, 2.24) is 4.90 Å². The highest BCUT2D eigenvalue weighted by atomic mass is 16.3. The molecule has 1 saturated heterocycles. The van der Waals surface area contributed by atoms with Crippen molar-refractivity contribution in [3.63, 3.8) is 0 Å². The van der Waals surface area contributed by atoms with Crippen LogP contribution in [-0.2, 0) is 11.3 Å². The van der Waals surface area contributed by atoms with Crippen molar-refractivity contribution in [1.29, 1.82) is 0 Å². The summed E-state index contributed by atoms with van der Waals surface area (Å²) in [7, 11) is 0. The summed E-state index contributed by atoms with van der Waals surface area (Å²) in [6, 6.07) is 14.2. The van der Waals surface area contributed by atoms with E-state index in [1.165, 1.54) is 10.5 Å². The van der Waals surface area contributed by atoms with Gasteiger partial charge in [0.1, 0.15) is 12.3 Å². The van der Waals surface area contributed by atoms with Crippen LogP contribution in [0, 0.1) is 0 Å². The van der Waals surface area contributed by atoms with Gasteiger partial charge in [-0.15, -0.1) is 0 Å². The largest absolute Gasteiger partial charge is 0.465 e. The van der Waals surface area contributed by atoms with Crippen molar-refractivity contribution in [3.05, 3.63) is 66.1 Å². The Bertz CT molecular complexity index is 612. The van der Waals surface area contributed by atoms with Crippen molar-refractivity contribution < 1.29 is 14.1 Å². The number of quaternary nitrogens is 1. The molecule has 3 rings (SSSR count). The third-order valence-electron chi connectivity index (χ3n) is 4.01. The number of nitrogens with one attached hydrogen (secondary N) is 1. The molecule has 1 fully saturated rings. The molecular weight excluding hydrogens is 276 g/mol. The number of hydrogen-bond acceptors (Lipinski definition) is 2. The van der Waals surface area contributed by atoms with Gasteiger partial charge in [0.15, 0.2) is 0 Å². The molecule has 4 heteroatoms. The molecule has 1 aliphatic rings. The summed E-state index contributed by atoms with van der Waals surface area (Å²) in [6.45, 7) is 4.64. The van der Waals surface area contributed by atoms with E-state index in [1.807, 2.05) is 23.1 Å². The Kier molecular flexibility index (Phi) is 4.71. The van der Waals surface area contributed by atoms with Gasteiger partial charge < -0.3 is 14.2 Å². The van der Waals surface area contributed by atoms with E-state index in [2.05, 4.69) is 24.3 Å². The minimum absolute atomic E-state index is 0.0650. The summed E-state index contributed by atoms with van der Waals surface area (Å²) in [5.41, 5.74) is 1.36. The van der Waals surface area contributed by atoms with Crippen LogP contribution in [0.3, 0.4) is 0 Å². The molecule has 2 aromatic rings. The molecule has 1 aromatic carbocycles. The van der Waals surface area contributed by atoms with Crippen molar-refractivity contribution in [2.75, 3.05) is 26.2 Å². The average Bonchev–Trinajstić information content (AvgIpc) is 3.08. The van der Waals surface area contributed by atoms with Crippen LogP contribution < -0.4 is 4.90 Å². The number of furan rings is 1. The molecule has 0 bridgehead atoms. The van der Waals surface area contributed by atoms with Gasteiger partial charge in [-0.05, 0) is 18.2 Å². The summed E-state index contributed by atoms with van der Waals surface area (Å²) in [5, 5.41) is 0. The number of hydrogen-bond donors (Lipinski definition) is 1. The van der Waals surface area contributed by atoms with Gasteiger partial charge in [0.2, 0.25) is 5.91 Å². The molecule has 0 unspecified atom stereocenters. The zero-order valence-electron chi connectivity index (χ0n) is 12.6. The number of carbonyl (C=O) groups is 1. The summed E-state index contributed by atoms with van der Waals surface area (Å²) >= 11 is 0. The van der Waals surface area contributed by atoms with E-state index >= 15 is 0 Å². The normalized spacial score (nSPS) is 16.3. The SMILES string of the molecule is O=C(C=Cc1ccco1)N1CC[NH+](Cc2ccccc2)CC1. The predicted molar refractivity (Wildman–Crippen MR) is 85.2 cm³/mol. The van der Waals surface area contributed by atoms with Gasteiger partial charge in [0.05, 0.1) is 32.4 Å². The lowest BCUT2D eigenvalue weighted by Gasteiger charge is -2.31. The Morgan fingerprint density at radius 1 is 1.14 bits per heavy atom. The Balaban J connectivity index is 1.48. The topological polar surface area (TPSA) is 37.9 Å². The van der Waals surface area contributed by atoms with Crippen molar-refractivity contribution in [2.45, 2.75) is 6.54 Å². The molecule has 0 spiro atoms. The minimum atomic E-state index is 0.0650. The van der Waals surface area contributed by atoms with Gasteiger partial charge in [-0.2, -0.15) is 0 Å². The molecule has 1 N–H and O–H groups in total. The Labute approximate surface area is 130 Å². The van der Waals surface area contributed by atoms with E-state index in [0.717, 1.165) is 32.7 Å². The Hall–Kier alpha value is -2.33. The zero-order valence-corrected chi connectivity index (χ0v) is 12.6. The maximum atomic E-state index is 12.1. The fourth-order valence-electron chi connectivity index (χ4n) is 2.75. The zero-order chi connectivity index (χ0) is 15.2. The minimum Gasteiger partial charge on any atom is -0.465 e. The van der Waals surface area contributed by atoms with Crippen LogP contribution in [0.2, 0.25) is 0 Å². The standard InChI is InChI=1S/C18H20N2O2/c21-18(9-8-17-7-4-14-22-17)20-12-10-19(11-13-20)15-16-5-2-1-3-6-16/h1-9,14H,10-13,15H2/p+1. The van der Waals surface area contributed by atoms with E-state index in [4.69, 9.17) is 4.42 Å². The lowest BCUT2D eigenvalue weighted by Crippen LogP contribution is -3.13. The van der Waals surface area contributed by atoms with Crippen LogP contribution in [0.4, 0.5) is 0 Å². The van der Waals surface area contributed by atoms with E-state index in [9.17, 15) is 4.79 Å². The molecule has 0 radical (unpaired) electrons. The van der Waals surface area contributed by atoms with Crippen LogP contribution in [0.25, 0.3) is 6.08 Å². The molecule has 0 aliphatic carbocycles. The fourth-order valence-corrected chi connectivity index (χ4v) is 2.75. The summed E-state index contributed by atoms with van der Waals surface area (Å²) in [4.78, 5) is 15.6. The second kappa shape index (κ2) is 7.09. The number of amides is 1. The van der Waals surface area contributed by atoms with Gasteiger partial charge in [-0.25, -0.2) is 0 Å². The van der Waals surface area contributed by atoms with Gasteiger partial charge in [-0.1, -0.05) is 30.3 Å². The maximum absolute atomic E-state index is 12.1. The van der Waals surface area contributed by atoms with E-state index in [1.54, 1.807) is 18.4 Å². The number of piperazine rings is 1. The molecule has 2 heterocycles. The second-order valence-electron chi connectivity index (χ2n) is 5.59. The van der Waals surface area contributed by atoms with Crippen molar-refractivity contribution >= 4 is 12.0 Å². The Morgan fingerprint density at radius 3 is 2.59 bits per heavy atom. The average molecular weight is 297 g/mol. The third-order valence-corrected chi connectivity index (χ3v) is 4.01. The van der Waals surface area contributed by atoms with Crippen molar-refractivity contribution in [3.8, 4) is 0 Å². The summed E-state index contributed by atoms with van der Waals surface area (Å²) in [6.07, 6.45) is 4.93. The van der Waals surface area contributed by atoms with Crippen LogP contribution in [-0.4, -0.2) is 37.0 Å². The highest BCUT2D eigenvalue weighted by molar-refractivity contribution is 5.91. The first kappa shape index (κ1) is 14.6. The molecular formula is C18H21N2O2+. The maximum Gasteiger partial charge on any atom is 0.247 e. The second-order valence-corrected chi connectivity index (χ2v) is 5.59. The van der Waals surface area contributed by atoms with Crippen molar-refractivity contribution in [2.24, 2.45) is 0 Å². The predicted octanol–water partition coefficient (Wildman–Crippen LogP) is 1.22. The highest BCUT2D eigenvalue weighted by Crippen LogP contribution is 2.03. The fraction of sp³-hybridized carbons (Fsp3) is 0.278. The van der Waals surface area contributed by atoms with Crippen LogP contribution >= 0.6 is 0 Å². The molecule has 0 saturated carbocycles. The first-order valence-corrected chi connectivity index (χ1v) is 7.69. The van der Waals surface area contributed by atoms with E-state index in [-0.39, 0.29) is 5.91 Å². The summed E-state index contributed by atoms with van der Waals surface area (Å²) < 4.78 is 5.19. The first-order chi connectivity index (χ1) is 10.8. The van der Waals surface area contributed by atoms with E-state index < -0.39 is 0 Å². The first-order valence-electron chi connectivity index (χ1n) is 7.69. The van der Waals surface area contributed by atoms with Gasteiger partial charge in [0.25, 0.3) is 0 Å². The highest BCUT2D eigenvalue weighted by Gasteiger charge is 2.22. The van der Waals surface area contributed by atoms with Crippen LogP contribution in [0.15, 0.2) is 59.2 Å². The lowest BCUT2D eigenvalue weighted by atomic mass is 10.2. The number of nitrogens with zero attached hydrogens (tertiary/aromatic N) is 1. The number of rotatable bonds is 4. The molecule has 1 amide bonds. The molecule has 1 aromatic heterocycles. The van der Waals surface area contributed by atoms with Crippen LogP contribution in [0.1, 0.15) is 11.3 Å². The molecule has 114 valence electrons. The number of benzene rings is 1.